The summed E-state index contributed by atoms with van der Waals surface area (Å²) in [6.45, 7) is 4.99. The predicted octanol–water partition coefficient (Wildman–Crippen LogP) is 3.47. The van der Waals surface area contributed by atoms with Gasteiger partial charge in [0.15, 0.2) is 0 Å². The van der Waals surface area contributed by atoms with Gasteiger partial charge in [0.05, 0.1) is 6.10 Å². The highest BCUT2D eigenvalue weighted by molar-refractivity contribution is 4.60. The maximum Gasteiger partial charge on any atom is 0.0571 e. The Balaban J connectivity index is 3.29. The number of rotatable bonds is 15. The smallest absolute Gasteiger partial charge is 0.0571 e. The fourth-order valence-electron chi connectivity index (χ4n) is 2.39. The van der Waals surface area contributed by atoms with Gasteiger partial charge in [-0.05, 0) is 25.8 Å². The van der Waals surface area contributed by atoms with Gasteiger partial charge in [-0.2, -0.15) is 0 Å². The molecule has 19 heavy (non-hydrogen) atoms. The summed E-state index contributed by atoms with van der Waals surface area (Å²) in [6.07, 6.45) is 13.7. The number of hydrogen-bond donors (Lipinski definition) is 2. The van der Waals surface area contributed by atoms with E-state index in [2.05, 4.69) is 12.2 Å². The summed E-state index contributed by atoms with van der Waals surface area (Å²) in [5, 5.41) is 3.33. The standard InChI is InChI=1S/C16H36N2O/c1-3-4-5-6-7-8-9-11-16(19-2)12-10-14-18-15-13-17/h16,18H,3-15,17H2,1-2H3. The van der Waals surface area contributed by atoms with Crippen LogP contribution in [0.1, 0.15) is 71.1 Å². The molecule has 0 aromatic carbocycles. The van der Waals surface area contributed by atoms with Crippen molar-refractivity contribution in [3.8, 4) is 0 Å². The molecule has 0 spiro atoms. The average Bonchev–Trinajstić information content (AvgIpc) is 2.44. The van der Waals surface area contributed by atoms with Gasteiger partial charge >= 0.3 is 0 Å². The van der Waals surface area contributed by atoms with Crippen LogP contribution in [0.25, 0.3) is 0 Å². The minimum absolute atomic E-state index is 0.454. The van der Waals surface area contributed by atoms with Crippen LogP contribution in [0, 0.1) is 0 Å². The van der Waals surface area contributed by atoms with E-state index in [0.717, 1.165) is 19.6 Å². The van der Waals surface area contributed by atoms with Gasteiger partial charge in [0.1, 0.15) is 0 Å². The first kappa shape index (κ1) is 18.9. The topological polar surface area (TPSA) is 47.3 Å². The van der Waals surface area contributed by atoms with E-state index in [4.69, 9.17) is 10.5 Å². The summed E-state index contributed by atoms with van der Waals surface area (Å²) in [4.78, 5) is 0. The van der Waals surface area contributed by atoms with E-state index >= 15 is 0 Å². The van der Waals surface area contributed by atoms with Crippen LogP contribution in [0.4, 0.5) is 0 Å². The second-order valence-electron chi connectivity index (χ2n) is 5.45. The molecule has 0 rings (SSSR count). The quantitative estimate of drug-likeness (QED) is 0.449. The largest absolute Gasteiger partial charge is 0.381 e. The molecule has 0 bridgehead atoms. The van der Waals surface area contributed by atoms with Crippen LogP contribution >= 0.6 is 0 Å². The van der Waals surface area contributed by atoms with E-state index in [-0.39, 0.29) is 0 Å². The lowest BCUT2D eigenvalue weighted by atomic mass is 10.0. The minimum Gasteiger partial charge on any atom is -0.381 e. The van der Waals surface area contributed by atoms with Crippen molar-refractivity contribution in [2.45, 2.75) is 77.2 Å². The van der Waals surface area contributed by atoms with Gasteiger partial charge < -0.3 is 15.8 Å². The molecule has 0 aromatic rings. The molecule has 1 atom stereocenters. The predicted molar refractivity (Wildman–Crippen MR) is 84.6 cm³/mol. The van der Waals surface area contributed by atoms with E-state index in [1.54, 1.807) is 0 Å². The Morgan fingerprint density at radius 2 is 1.53 bits per heavy atom. The number of nitrogens with one attached hydrogen (secondary N) is 1. The van der Waals surface area contributed by atoms with E-state index in [9.17, 15) is 0 Å². The second kappa shape index (κ2) is 15.9. The molecule has 0 aliphatic rings. The van der Waals surface area contributed by atoms with E-state index in [1.807, 2.05) is 7.11 Å². The van der Waals surface area contributed by atoms with E-state index in [0.29, 0.717) is 6.10 Å². The maximum atomic E-state index is 5.55. The fourth-order valence-corrected chi connectivity index (χ4v) is 2.39. The summed E-state index contributed by atoms with van der Waals surface area (Å²) in [6, 6.07) is 0. The number of ether oxygens (including phenoxy) is 1. The van der Waals surface area contributed by atoms with Crippen LogP contribution in [0.5, 0.6) is 0 Å². The minimum atomic E-state index is 0.454. The zero-order valence-corrected chi connectivity index (χ0v) is 13.3. The van der Waals surface area contributed by atoms with Gasteiger partial charge in [-0.15, -0.1) is 0 Å². The highest BCUT2D eigenvalue weighted by Gasteiger charge is 2.06. The van der Waals surface area contributed by atoms with E-state index < -0.39 is 0 Å². The summed E-state index contributed by atoms with van der Waals surface area (Å²) in [7, 11) is 1.85. The first-order valence-corrected chi connectivity index (χ1v) is 8.28. The summed E-state index contributed by atoms with van der Waals surface area (Å²) in [5.74, 6) is 0. The molecule has 0 aromatic heterocycles. The molecule has 0 heterocycles. The average molecular weight is 272 g/mol. The molecule has 0 saturated carbocycles. The van der Waals surface area contributed by atoms with Crippen LogP contribution in [0.2, 0.25) is 0 Å². The van der Waals surface area contributed by atoms with Crippen molar-refractivity contribution in [3.63, 3.8) is 0 Å². The molecule has 1 unspecified atom stereocenters. The van der Waals surface area contributed by atoms with E-state index in [1.165, 1.54) is 64.2 Å². The Hall–Kier alpha value is -0.120. The SMILES string of the molecule is CCCCCCCCCC(CCCNCCN)OC. The molecule has 3 heteroatoms. The van der Waals surface area contributed by atoms with Gasteiger partial charge in [-0.25, -0.2) is 0 Å². The third-order valence-corrected chi connectivity index (χ3v) is 3.66. The monoisotopic (exact) mass is 272 g/mol. The number of unbranched alkanes of at least 4 members (excludes halogenated alkanes) is 6. The molecule has 0 aliphatic carbocycles. The first-order valence-electron chi connectivity index (χ1n) is 8.28. The van der Waals surface area contributed by atoms with Crippen molar-refractivity contribution < 1.29 is 4.74 Å². The van der Waals surface area contributed by atoms with Gasteiger partial charge in [-0.3, -0.25) is 0 Å². The molecule has 0 saturated heterocycles. The first-order chi connectivity index (χ1) is 9.35. The maximum absolute atomic E-state index is 5.55. The normalized spacial score (nSPS) is 12.8. The van der Waals surface area contributed by atoms with Gasteiger partial charge in [-0.1, -0.05) is 51.9 Å². The Morgan fingerprint density at radius 1 is 0.895 bits per heavy atom. The van der Waals surface area contributed by atoms with Crippen LogP contribution in [0.15, 0.2) is 0 Å². The summed E-state index contributed by atoms with van der Waals surface area (Å²) < 4.78 is 5.55. The van der Waals surface area contributed by atoms with Crippen molar-refractivity contribution in [2.75, 3.05) is 26.7 Å². The Labute approximate surface area is 120 Å². The van der Waals surface area contributed by atoms with Crippen molar-refractivity contribution in [1.82, 2.24) is 5.32 Å². The molecule has 3 N–H and O–H groups in total. The molecule has 0 fully saturated rings. The second-order valence-corrected chi connectivity index (χ2v) is 5.45. The van der Waals surface area contributed by atoms with Crippen LogP contribution in [-0.4, -0.2) is 32.8 Å². The van der Waals surface area contributed by atoms with Crippen LogP contribution in [0.3, 0.4) is 0 Å². The van der Waals surface area contributed by atoms with Crippen molar-refractivity contribution in [3.05, 3.63) is 0 Å². The van der Waals surface area contributed by atoms with Crippen molar-refractivity contribution in [2.24, 2.45) is 5.73 Å². The fraction of sp³-hybridized carbons (Fsp3) is 1.00. The molecule has 0 aliphatic heterocycles. The zero-order valence-electron chi connectivity index (χ0n) is 13.3. The third-order valence-electron chi connectivity index (χ3n) is 3.66. The van der Waals surface area contributed by atoms with Crippen LogP contribution < -0.4 is 11.1 Å². The highest BCUT2D eigenvalue weighted by Crippen LogP contribution is 2.13. The Morgan fingerprint density at radius 3 is 2.16 bits per heavy atom. The van der Waals surface area contributed by atoms with Crippen molar-refractivity contribution >= 4 is 0 Å². The highest BCUT2D eigenvalue weighted by atomic mass is 16.5. The van der Waals surface area contributed by atoms with Crippen molar-refractivity contribution in [1.29, 1.82) is 0 Å². The number of hydrogen-bond acceptors (Lipinski definition) is 3. The number of nitrogens with two attached hydrogens (primary N) is 1. The molecule has 116 valence electrons. The number of methoxy groups -OCH3 is 1. The zero-order chi connectivity index (χ0) is 14.2. The molecular formula is C16H36N2O. The van der Waals surface area contributed by atoms with Crippen LogP contribution in [-0.2, 0) is 4.74 Å². The summed E-state index contributed by atoms with van der Waals surface area (Å²) >= 11 is 0. The lowest BCUT2D eigenvalue weighted by molar-refractivity contribution is 0.0838. The Bertz CT molecular complexity index is 165. The third kappa shape index (κ3) is 14.1. The lowest BCUT2D eigenvalue weighted by Crippen LogP contribution is -2.24. The summed E-state index contributed by atoms with van der Waals surface area (Å²) in [5.41, 5.74) is 5.43. The molecule has 0 amide bonds. The molecule has 0 radical (unpaired) electrons. The van der Waals surface area contributed by atoms with Gasteiger partial charge in [0, 0.05) is 20.2 Å². The molecule has 3 nitrogen and oxygen atoms in total. The lowest BCUT2D eigenvalue weighted by Gasteiger charge is -2.15. The van der Waals surface area contributed by atoms with Gasteiger partial charge in [0.2, 0.25) is 0 Å². The Kier molecular flexibility index (Phi) is 15.8. The molecular weight excluding hydrogens is 236 g/mol. The van der Waals surface area contributed by atoms with Gasteiger partial charge in [0.25, 0.3) is 0 Å².